The molecule has 162 valence electrons. The van der Waals surface area contributed by atoms with Gasteiger partial charge in [-0.2, -0.15) is 4.31 Å². The number of sulfonamides is 1. The van der Waals surface area contributed by atoms with Crippen molar-refractivity contribution in [1.29, 1.82) is 0 Å². The quantitative estimate of drug-likeness (QED) is 0.735. The molecule has 1 atom stereocenters. The molecule has 1 N–H and O–H groups in total. The minimum atomic E-state index is -3.51. The number of aryl methyl sites for hydroxylation is 1. The highest BCUT2D eigenvalue weighted by atomic mass is 32.2. The molecule has 7 heteroatoms. The standard InChI is InChI=1S/C23H31N3O3S/c1-18-9-11-21(12-10-18)30(28,29)26-15-13-20(14-16-26)23(27)24-17-22(25(2)3)19-7-5-4-6-8-19/h4-12,20,22H,13-17H2,1-3H3,(H,24,27). The minimum Gasteiger partial charge on any atom is -0.354 e. The highest BCUT2D eigenvalue weighted by Gasteiger charge is 2.32. The average molecular weight is 430 g/mol. The van der Waals surface area contributed by atoms with Crippen molar-refractivity contribution in [2.75, 3.05) is 33.7 Å². The van der Waals surface area contributed by atoms with E-state index in [1.165, 1.54) is 4.31 Å². The first-order chi connectivity index (χ1) is 14.3. The van der Waals surface area contributed by atoms with Gasteiger partial charge < -0.3 is 10.2 Å². The summed E-state index contributed by atoms with van der Waals surface area (Å²) in [5, 5.41) is 3.08. The van der Waals surface area contributed by atoms with Crippen LogP contribution >= 0.6 is 0 Å². The van der Waals surface area contributed by atoms with Crippen LogP contribution in [0.3, 0.4) is 0 Å². The molecule has 1 saturated heterocycles. The maximum absolute atomic E-state index is 12.8. The molecule has 0 radical (unpaired) electrons. The number of nitrogens with one attached hydrogen (secondary N) is 1. The van der Waals surface area contributed by atoms with Crippen molar-refractivity contribution in [2.24, 2.45) is 5.92 Å². The number of hydrogen-bond donors (Lipinski definition) is 1. The molecular weight excluding hydrogens is 398 g/mol. The number of benzene rings is 2. The predicted molar refractivity (Wildman–Crippen MR) is 119 cm³/mol. The molecule has 2 aromatic rings. The molecule has 0 aliphatic carbocycles. The van der Waals surface area contributed by atoms with Gasteiger partial charge in [0.25, 0.3) is 0 Å². The topological polar surface area (TPSA) is 69.7 Å². The summed E-state index contributed by atoms with van der Waals surface area (Å²) >= 11 is 0. The van der Waals surface area contributed by atoms with Crippen molar-refractivity contribution in [3.8, 4) is 0 Å². The fourth-order valence-electron chi connectivity index (χ4n) is 3.83. The van der Waals surface area contributed by atoms with Gasteiger partial charge in [-0.05, 0) is 51.6 Å². The van der Waals surface area contributed by atoms with Gasteiger partial charge in [-0.3, -0.25) is 4.79 Å². The van der Waals surface area contributed by atoms with Crippen LogP contribution < -0.4 is 5.32 Å². The van der Waals surface area contributed by atoms with Crippen LogP contribution in [0.15, 0.2) is 59.5 Å². The van der Waals surface area contributed by atoms with E-state index in [2.05, 4.69) is 22.3 Å². The van der Waals surface area contributed by atoms with Gasteiger partial charge in [0.2, 0.25) is 15.9 Å². The van der Waals surface area contributed by atoms with Gasteiger partial charge in [0, 0.05) is 25.6 Å². The number of rotatable bonds is 7. The fourth-order valence-corrected chi connectivity index (χ4v) is 5.30. The van der Waals surface area contributed by atoms with Crippen molar-refractivity contribution >= 4 is 15.9 Å². The molecule has 3 rings (SSSR count). The average Bonchev–Trinajstić information content (AvgIpc) is 2.74. The number of amides is 1. The van der Waals surface area contributed by atoms with Gasteiger partial charge in [-0.15, -0.1) is 0 Å². The van der Waals surface area contributed by atoms with Crippen LogP contribution in [-0.4, -0.2) is 57.3 Å². The molecule has 30 heavy (non-hydrogen) atoms. The number of hydrogen-bond acceptors (Lipinski definition) is 4. The second kappa shape index (κ2) is 9.73. The van der Waals surface area contributed by atoms with Gasteiger partial charge in [-0.1, -0.05) is 48.0 Å². The third-order valence-corrected chi connectivity index (χ3v) is 7.67. The molecule has 2 aromatic carbocycles. The summed E-state index contributed by atoms with van der Waals surface area (Å²) in [4.78, 5) is 15.1. The van der Waals surface area contributed by atoms with E-state index in [0.29, 0.717) is 37.4 Å². The Balaban J connectivity index is 1.55. The molecule has 0 spiro atoms. The number of piperidine rings is 1. The van der Waals surface area contributed by atoms with E-state index in [-0.39, 0.29) is 17.9 Å². The van der Waals surface area contributed by atoms with Gasteiger partial charge >= 0.3 is 0 Å². The zero-order valence-electron chi connectivity index (χ0n) is 17.9. The van der Waals surface area contributed by atoms with E-state index < -0.39 is 10.0 Å². The first-order valence-corrected chi connectivity index (χ1v) is 11.8. The van der Waals surface area contributed by atoms with Crippen LogP contribution in [0, 0.1) is 12.8 Å². The Morgan fingerprint density at radius 1 is 1.07 bits per heavy atom. The zero-order valence-corrected chi connectivity index (χ0v) is 18.7. The van der Waals surface area contributed by atoms with Gasteiger partial charge in [0.05, 0.1) is 10.9 Å². The van der Waals surface area contributed by atoms with Crippen molar-refractivity contribution in [2.45, 2.75) is 30.7 Å². The highest BCUT2D eigenvalue weighted by molar-refractivity contribution is 7.89. The van der Waals surface area contributed by atoms with Gasteiger partial charge in [0.15, 0.2) is 0 Å². The lowest BCUT2D eigenvalue weighted by Crippen LogP contribution is -2.44. The van der Waals surface area contributed by atoms with Crippen molar-refractivity contribution in [1.82, 2.24) is 14.5 Å². The smallest absolute Gasteiger partial charge is 0.243 e. The maximum Gasteiger partial charge on any atom is 0.243 e. The molecule has 1 fully saturated rings. The molecule has 1 unspecified atom stereocenters. The predicted octanol–water partition coefficient (Wildman–Crippen LogP) is 2.81. The van der Waals surface area contributed by atoms with E-state index in [1.54, 1.807) is 24.3 Å². The summed E-state index contributed by atoms with van der Waals surface area (Å²) in [6.45, 7) is 3.19. The Morgan fingerprint density at radius 2 is 1.67 bits per heavy atom. The summed E-state index contributed by atoms with van der Waals surface area (Å²) in [6, 6.07) is 17.1. The second-order valence-electron chi connectivity index (χ2n) is 8.13. The third-order valence-electron chi connectivity index (χ3n) is 5.76. The number of likely N-dealkylation sites (N-methyl/N-ethyl adjacent to an activating group) is 1. The third kappa shape index (κ3) is 5.28. The maximum atomic E-state index is 12.8. The summed E-state index contributed by atoms with van der Waals surface area (Å²) in [5.74, 6) is -0.154. The van der Waals surface area contributed by atoms with E-state index in [4.69, 9.17) is 0 Å². The lowest BCUT2D eigenvalue weighted by molar-refractivity contribution is -0.126. The van der Waals surface area contributed by atoms with Gasteiger partial charge in [-0.25, -0.2) is 8.42 Å². The van der Waals surface area contributed by atoms with Gasteiger partial charge in [0.1, 0.15) is 0 Å². The van der Waals surface area contributed by atoms with E-state index >= 15 is 0 Å². The van der Waals surface area contributed by atoms with E-state index in [0.717, 1.165) is 11.1 Å². The highest BCUT2D eigenvalue weighted by Crippen LogP contribution is 2.24. The normalized spacial score (nSPS) is 17.1. The minimum absolute atomic E-state index is 0.00478. The van der Waals surface area contributed by atoms with E-state index in [9.17, 15) is 13.2 Å². The molecule has 1 amide bonds. The molecule has 6 nitrogen and oxygen atoms in total. The van der Waals surface area contributed by atoms with Crippen molar-refractivity contribution in [3.05, 3.63) is 65.7 Å². The van der Waals surface area contributed by atoms with Crippen LogP contribution in [0.1, 0.15) is 30.0 Å². The lowest BCUT2D eigenvalue weighted by Gasteiger charge is -2.31. The Morgan fingerprint density at radius 3 is 2.23 bits per heavy atom. The number of nitrogens with zero attached hydrogens (tertiary/aromatic N) is 2. The first kappa shape index (κ1) is 22.5. The fraction of sp³-hybridized carbons (Fsp3) is 0.435. The number of carbonyl (C=O) groups excluding carboxylic acids is 1. The van der Waals surface area contributed by atoms with Crippen LogP contribution in [0.2, 0.25) is 0 Å². The molecule has 1 aliphatic rings. The Bertz CT molecular complexity index is 935. The lowest BCUT2D eigenvalue weighted by atomic mass is 9.97. The van der Waals surface area contributed by atoms with Crippen LogP contribution in [0.4, 0.5) is 0 Å². The zero-order chi connectivity index (χ0) is 21.7. The van der Waals surface area contributed by atoms with Crippen molar-refractivity contribution in [3.63, 3.8) is 0 Å². The summed E-state index contributed by atoms with van der Waals surface area (Å²) < 4.78 is 27.2. The molecule has 0 bridgehead atoms. The van der Waals surface area contributed by atoms with Crippen LogP contribution in [-0.2, 0) is 14.8 Å². The molecule has 1 aliphatic heterocycles. The molecule has 0 saturated carbocycles. The first-order valence-electron chi connectivity index (χ1n) is 10.3. The van der Waals surface area contributed by atoms with E-state index in [1.807, 2.05) is 39.2 Å². The molecule has 0 aromatic heterocycles. The monoisotopic (exact) mass is 429 g/mol. The molecule has 1 heterocycles. The summed E-state index contributed by atoms with van der Waals surface area (Å²) in [6.07, 6.45) is 1.07. The van der Waals surface area contributed by atoms with Crippen LogP contribution in [0.5, 0.6) is 0 Å². The summed E-state index contributed by atoms with van der Waals surface area (Å²) in [7, 11) is 0.491. The van der Waals surface area contributed by atoms with Crippen molar-refractivity contribution < 1.29 is 13.2 Å². The Kier molecular flexibility index (Phi) is 7.28. The largest absolute Gasteiger partial charge is 0.354 e. The SMILES string of the molecule is Cc1ccc(S(=O)(=O)N2CCC(C(=O)NCC(c3ccccc3)N(C)C)CC2)cc1. The summed E-state index contributed by atoms with van der Waals surface area (Å²) in [5.41, 5.74) is 2.18. The molecular formula is C23H31N3O3S. The Hall–Kier alpha value is -2.22. The number of carbonyl (C=O) groups is 1. The Labute approximate surface area is 179 Å². The van der Waals surface area contributed by atoms with Crippen LogP contribution in [0.25, 0.3) is 0 Å². The second-order valence-corrected chi connectivity index (χ2v) is 10.1.